The Morgan fingerprint density at radius 3 is 0.926 bits per heavy atom. The predicted molar refractivity (Wildman–Crippen MR) is 111 cm³/mol. The molecule has 0 aliphatic rings. The number of rotatable bonds is 14. The minimum atomic E-state index is -3.67. The molecule has 0 radical (unpaired) electrons. The third-order valence-electron chi connectivity index (χ3n) is 4.35. The van der Waals surface area contributed by atoms with Crippen molar-refractivity contribution in [1.29, 1.82) is 0 Å². The van der Waals surface area contributed by atoms with Gasteiger partial charge in [0.25, 0.3) is 0 Å². The normalized spacial score (nSPS) is 10.1. The highest BCUT2D eigenvalue weighted by molar-refractivity contribution is 6.33. The fourth-order valence-electron chi connectivity index (χ4n) is 2.85. The third-order valence-corrected chi connectivity index (χ3v) is 4.35. The lowest BCUT2D eigenvalue weighted by molar-refractivity contribution is -0.929. The Bertz CT molecular complexity index is 208. The van der Waals surface area contributed by atoms with E-state index in [2.05, 4.69) is 27.7 Å². The van der Waals surface area contributed by atoms with Crippen LogP contribution in [0, 0.1) is 0 Å². The molecule has 0 N–H and O–H groups in total. The Hall–Kier alpha value is -0.295. The van der Waals surface area contributed by atoms with E-state index in [0.717, 1.165) is 13.2 Å². The van der Waals surface area contributed by atoms with Crippen molar-refractivity contribution >= 4 is 7.54 Å². The zero-order chi connectivity index (χ0) is 20.7. The van der Waals surface area contributed by atoms with Crippen molar-refractivity contribution in [2.45, 2.75) is 92.9 Å². The zero-order valence-corrected chi connectivity index (χ0v) is 18.8. The van der Waals surface area contributed by atoms with E-state index in [4.69, 9.17) is 4.74 Å². The van der Waals surface area contributed by atoms with Gasteiger partial charge >= 0.3 is 7.54 Å². The van der Waals surface area contributed by atoms with Gasteiger partial charge < -0.3 is 13.9 Å². The molecule has 0 bridgehead atoms. The first-order valence-electron chi connectivity index (χ1n) is 10.7. The second-order valence-corrected chi connectivity index (χ2v) is 6.68. The van der Waals surface area contributed by atoms with Gasteiger partial charge in [0.05, 0.1) is 26.2 Å². The third kappa shape index (κ3) is 30.7. The van der Waals surface area contributed by atoms with Gasteiger partial charge in [-0.3, -0.25) is 12.9 Å². The first-order chi connectivity index (χ1) is 12.4. The molecule has 7 heteroatoms. The average Bonchev–Trinajstić information content (AvgIpc) is 2.61. The van der Waals surface area contributed by atoms with Gasteiger partial charge in [-0.1, -0.05) is 53.4 Å². The van der Waals surface area contributed by atoms with Gasteiger partial charge in [0.2, 0.25) is 0 Å². The van der Waals surface area contributed by atoms with Crippen molar-refractivity contribution < 1.29 is 26.9 Å². The van der Waals surface area contributed by atoms with Crippen LogP contribution in [0.15, 0.2) is 0 Å². The van der Waals surface area contributed by atoms with Gasteiger partial charge in [-0.2, -0.15) is 0 Å². The van der Waals surface area contributed by atoms with Crippen LogP contribution in [0.25, 0.3) is 0 Å². The molecule has 2 nitrogen and oxygen atoms in total. The highest BCUT2D eigenvalue weighted by atomic mass is 19.4. The van der Waals surface area contributed by atoms with Gasteiger partial charge in [0.1, 0.15) is 0 Å². The van der Waals surface area contributed by atoms with Crippen molar-refractivity contribution in [3.63, 3.8) is 0 Å². The van der Waals surface area contributed by atoms with Gasteiger partial charge in [0.15, 0.2) is 0 Å². The fraction of sp³-hybridized carbons (Fsp3) is 1.00. The lowest BCUT2D eigenvalue weighted by Crippen LogP contribution is -3.00. The van der Waals surface area contributed by atoms with Gasteiger partial charge in [-0.15, -0.1) is 0 Å². The van der Waals surface area contributed by atoms with Crippen LogP contribution in [0.5, 0.6) is 0 Å². The minimum absolute atomic E-state index is 0. The maximum atomic E-state index is 9.67. The zero-order valence-electron chi connectivity index (χ0n) is 18.8. The van der Waals surface area contributed by atoms with Crippen LogP contribution in [0.1, 0.15) is 92.9 Å². The van der Waals surface area contributed by atoms with E-state index in [-0.39, 0.29) is 4.70 Å². The lowest BCUT2D eigenvalue weighted by atomic mass is 10.1. The van der Waals surface area contributed by atoms with Crippen LogP contribution in [-0.2, 0) is 4.74 Å². The second kappa shape index (κ2) is 27.9. The molecule has 0 saturated heterocycles. The monoisotopic (exact) mass is 403 g/mol. The summed E-state index contributed by atoms with van der Waals surface area (Å²) in [5.41, 5.74) is 0. The quantitative estimate of drug-likeness (QED) is 0.243. The molecule has 0 rings (SSSR count). The summed E-state index contributed by atoms with van der Waals surface area (Å²) in [4.78, 5) is 0. The molecule has 0 aliphatic heterocycles. The molecule has 0 aromatic rings. The molecule has 0 saturated carbocycles. The molecule has 0 spiro atoms. The van der Waals surface area contributed by atoms with Crippen LogP contribution in [0.2, 0.25) is 0 Å². The Morgan fingerprint density at radius 2 is 0.815 bits per heavy atom. The van der Waals surface area contributed by atoms with Crippen molar-refractivity contribution in [2.24, 2.45) is 0 Å². The summed E-state index contributed by atoms with van der Waals surface area (Å²) in [6, 6.07) is 0. The summed E-state index contributed by atoms with van der Waals surface area (Å²) >= 11 is 0. The van der Waals surface area contributed by atoms with Crippen molar-refractivity contribution in [2.75, 3.05) is 39.4 Å². The van der Waals surface area contributed by atoms with Crippen molar-refractivity contribution in [3.8, 4) is 0 Å². The second-order valence-electron chi connectivity index (χ2n) is 6.68. The van der Waals surface area contributed by atoms with Crippen molar-refractivity contribution in [1.82, 2.24) is 0 Å². The molecule has 0 atom stereocenters. The molecule has 27 heavy (non-hydrogen) atoms. The molecule has 0 aromatic carbocycles. The molecule has 0 aliphatic carbocycles. The van der Waals surface area contributed by atoms with E-state index >= 15 is 0 Å². The van der Waals surface area contributed by atoms with Crippen LogP contribution < -0.4 is 4.70 Å². The van der Waals surface area contributed by atoms with E-state index < -0.39 is 7.54 Å². The smallest absolute Gasteiger partial charge is 0.762 e. The van der Waals surface area contributed by atoms with Crippen LogP contribution >= 0.6 is 0 Å². The number of unbranched alkanes of at least 4 members (excludes halogenated alkanes) is 4. The SMILES string of the molecule is CCCC[N+](CCCC)(CCCC)CCCC.CCOCC.FB(F)F.[F-]. The fourth-order valence-corrected chi connectivity index (χ4v) is 2.85. The molecule has 0 amide bonds. The van der Waals surface area contributed by atoms with Gasteiger partial charge in [-0.25, -0.2) is 0 Å². The summed E-state index contributed by atoms with van der Waals surface area (Å²) in [7, 11) is -3.67. The van der Waals surface area contributed by atoms with Gasteiger partial charge in [-0.05, 0) is 39.5 Å². The molecular formula is C20H46BF4NO. The van der Waals surface area contributed by atoms with E-state index in [1.54, 1.807) is 0 Å². The lowest BCUT2D eigenvalue weighted by Gasteiger charge is -2.39. The Kier molecular flexibility index (Phi) is 35.4. The topological polar surface area (TPSA) is 9.23 Å². The number of hydrogen-bond donors (Lipinski definition) is 0. The summed E-state index contributed by atoms with van der Waals surface area (Å²) in [6.07, 6.45) is 11.1. The summed E-state index contributed by atoms with van der Waals surface area (Å²) in [5, 5.41) is 0. The standard InChI is InChI=1S/C16H36N.C4H10O.BF3.FH/c1-5-9-13-17(14-10-6-2,15-11-7-3)16-12-8-4;1-3-5-4-2;2-1(3)4;/h5-16H2,1-4H3;3-4H2,1-2H3;;1H/q+1;;;/p-1. The van der Waals surface area contributed by atoms with Crippen LogP contribution in [0.4, 0.5) is 12.9 Å². The van der Waals surface area contributed by atoms with E-state index in [1.165, 1.54) is 82.0 Å². The predicted octanol–water partition coefficient (Wildman–Crippen LogP) is 3.93. The molecule has 0 fully saturated rings. The molecule has 168 valence electrons. The van der Waals surface area contributed by atoms with E-state index in [0.29, 0.717) is 0 Å². The minimum Gasteiger partial charge on any atom is -1.00 e. The molecule has 0 heterocycles. The first kappa shape index (κ1) is 34.2. The largest absolute Gasteiger partial charge is 1.00 e. The molecule has 0 aromatic heterocycles. The van der Waals surface area contributed by atoms with Crippen LogP contribution in [-0.4, -0.2) is 51.4 Å². The van der Waals surface area contributed by atoms with E-state index in [9.17, 15) is 12.9 Å². The number of quaternary nitrogens is 1. The van der Waals surface area contributed by atoms with E-state index in [1.807, 2.05) is 13.8 Å². The summed E-state index contributed by atoms with van der Waals surface area (Å²) in [5.74, 6) is 0. The number of nitrogens with zero attached hydrogens (tertiary/aromatic N) is 1. The first-order valence-corrected chi connectivity index (χ1v) is 10.7. The number of halogens is 4. The summed E-state index contributed by atoms with van der Waals surface area (Å²) in [6.45, 7) is 20.7. The number of ether oxygens (including phenoxy) is 1. The van der Waals surface area contributed by atoms with Gasteiger partial charge in [0, 0.05) is 13.2 Å². The maximum absolute atomic E-state index is 9.67. The Labute approximate surface area is 167 Å². The Balaban J connectivity index is -0.000000220. The molecule has 0 unspecified atom stereocenters. The highest BCUT2D eigenvalue weighted by Crippen LogP contribution is 2.16. The maximum Gasteiger partial charge on any atom is 0.762 e. The van der Waals surface area contributed by atoms with Crippen molar-refractivity contribution in [3.05, 3.63) is 0 Å². The number of hydrogen-bond acceptors (Lipinski definition) is 1. The Morgan fingerprint density at radius 1 is 0.593 bits per heavy atom. The summed E-state index contributed by atoms with van der Waals surface area (Å²) < 4.78 is 35.3. The average molecular weight is 403 g/mol. The van der Waals surface area contributed by atoms with Crippen LogP contribution in [0.3, 0.4) is 0 Å². The highest BCUT2D eigenvalue weighted by Gasteiger charge is 2.24. The molecular weight excluding hydrogens is 357 g/mol.